The summed E-state index contributed by atoms with van der Waals surface area (Å²) in [7, 11) is 0. The molecule has 2 heteroatoms. The van der Waals surface area contributed by atoms with Crippen molar-refractivity contribution in [3.8, 4) is 11.3 Å². The average molecular weight is 210 g/mol. The minimum atomic E-state index is 1.02. The molecule has 2 aromatic heterocycles. The maximum Gasteiger partial charge on any atom is 0.0702 e. The Bertz CT molecular complexity index is 584. The molecule has 71 valence electrons. The minimum Gasteiger partial charge on any atom is -0.256 e. The molecular formula is C13H8NS. The normalized spacial score (nSPS) is 10.7. The van der Waals surface area contributed by atoms with Crippen LogP contribution in [0.2, 0.25) is 0 Å². The Morgan fingerprint density at radius 2 is 2.13 bits per heavy atom. The van der Waals surface area contributed by atoms with Gasteiger partial charge in [0.2, 0.25) is 0 Å². The van der Waals surface area contributed by atoms with Crippen molar-refractivity contribution in [2.45, 2.75) is 0 Å². The van der Waals surface area contributed by atoms with Gasteiger partial charge in [0.25, 0.3) is 0 Å². The summed E-state index contributed by atoms with van der Waals surface area (Å²) in [6.45, 7) is 0. The zero-order chi connectivity index (χ0) is 10.1. The van der Waals surface area contributed by atoms with E-state index in [4.69, 9.17) is 0 Å². The molecule has 2 heterocycles. The molecule has 3 aromatic rings. The first-order valence-electron chi connectivity index (χ1n) is 4.74. The predicted octanol–water partition coefficient (Wildman–Crippen LogP) is 3.76. The molecule has 0 aliphatic rings. The second-order valence-corrected chi connectivity index (χ2v) is 4.21. The highest BCUT2D eigenvalue weighted by molar-refractivity contribution is 7.16. The van der Waals surface area contributed by atoms with E-state index in [1.165, 1.54) is 15.6 Å². The molecule has 0 fully saturated rings. The summed E-state index contributed by atoms with van der Waals surface area (Å²) in [4.78, 5) is 4.33. The monoisotopic (exact) mass is 210 g/mol. The van der Waals surface area contributed by atoms with Gasteiger partial charge in [0.05, 0.1) is 5.69 Å². The van der Waals surface area contributed by atoms with E-state index in [1.807, 2.05) is 30.5 Å². The highest BCUT2D eigenvalue weighted by atomic mass is 32.1. The van der Waals surface area contributed by atoms with Crippen molar-refractivity contribution in [2.24, 2.45) is 0 Å². The van der Waals surface area contributed by atoms with E-state index in [0.717, 1.165) is 5.69 Å². The Hall–Kier alpha value is -1.67. The standard InChI is InChI=1S/C13H8NS/c1-2-7-14-12(3-1)11-5-4-10-6-8-15-13(10)9-11/h1-7,9H. The van der Waals surface area contributed by atoms with Crippen LogP contribution < -0.4 is 0 Å². The number of hydrogen-bond acceptors (Lipinski definition) is 2. The van der Waals surface area contributed by atoms with Crippen molar-refractivity contribution in [3.63, 3.8) is 0 Å². The van der Waals surface area contributed by atoms with E-state index in [9.17, 15) is 0 Å². The lowest BCUT2D eigenvalue weighted by Gasteiger charge is -1.99. The Morgan fingerprint density at radius 3 is 3.00 bits per heavy atom. The smallest absolute Gasteiger partial charge is 0.0702 e. The van der Waals surface area contributed by atoms with Gasteiger partial charge in [-0.2, -0.15) is 0 Å². The molecule has 15 heavy (non-hydrogen) atoms. The van der Waals surface area contributed by atoms with E-state index in [1.54, 1.807) is 11.3 Å². The van der Waals surface area contributed by atoms with Crippen molar-refractivity contribution in [2.75, 3.05) is 0 Å². The zero-order valence-corrected chi connectivity index (χ0v) is 8.79. The van der Waals surface area contributed by atoms with Crippen molar-refractivity contribution >= 4 is 21.4 Å². The zero-order valence-electron chi connectivity index (χ0n) is 7.97. The molecule has 0 spiro atoms. The summed E-state index contributed by atoms with van der Waals surface area (Å²) in [5.74, 6) is 0. The van der Waals surface area contributed by atoms with Crippen LogP contribution in [0.15, 0.2) is 48.7 Å². The van der Waals surface area contributed by atoms with E-state index in [-0.39, 0.29) is 0 Å². The van der Waals surface area contributed by atoms with Gasteiger partial charge in [-0.15, -0.1) is 11.3 Å². The molecule has 0 saturated heterocycles. The van der Waals surface area contributed by atoms with Crippen LogP contribution in [0.3, 0.4) is 0 Å². The lowest BCUT2D eigenvalue weighted by molar-refractivity contribution is 1.33. The number of nitrogens with zero attached hydrogens (tertiary/aromatic N) is 1. The molecule has 0 atom stereocenters. The highest BCUT2D eigenvalue weighted by Crippen LogP contribution is 2.25. The number of rotatable bonds is 1. The third kappa shape index (κ3) is 1.53. The topological polar surface area (TPSA) is 12.9 Å². The molecule has 0 amide bonds. The second kappa shape index (κ2) is 3.48. The van der Waals surface area contributed by atoms with Crippen molar-refractivity contribution in [1.82, 2.24) is 4.98 Å². The van der Waals surface area contributed by atoms with Gasteiger partial charge in [-0.25, -0.2) is 0 Å². The third-order valence-electron chi connectivity index (χ3n) is 2.36. The molecule has 0 aliphatic carbocycles. The molecule has 1 aromatic carbocycles. The molecule has 3 rings (SSSR count). The maximum atomic E-state index is 4.33. The van der Waals surface area contributed by atoms with Crippen LogP contribution >= 0.6 is 11.3 Å². The minimum absolute atomic E-state index is 1.02. The third-order valence-corrected chi connectivity index (χ3v) is 3.17. The van der Waals surface area contributed by atoms with Crippen LogP contribution in [0.5, 0.6) is 0 Å². The summed E-state index contributed by atoms with van der Waals surface area (Å²) < 4.78 is 1.26. The van der Waals surface area contributed by atoms with Crippen LogP contribution in [0, 0.1) is 5.38 Å². The lowest BCUT2D eigenvalue weighted by Crippen LogP contribution is -1.80. The molecule has 0 aliphatic heterocycles. The van der Waals surface area contributed by atoms with Gasteiger partial charge >= 0.3 is 0 Å². The number of hydrogen-bond donors (Lipinski definition) is 0. The number of pyridine rings is 1. The van der Waals surface area contributed by atoms with Gasteiger partial charge in [0.15, 0.2) is 0 Å². The first-order chi connectivity index (χ1) is 7.43. The van der Waals surface area contributed by atoms with Gasteiger partial charge in [-0.1, -0.05) is 18.2 Å². The van der Waals surface area contributed by atoms with Crippen molar-refractivity contribution < 1.29 is 0 Å². The second-order valence-electron chi connectivity index (χ2n) is 3.33. The lowest BCUT2D eigenvalue weighted by atomic mass is 10.1. The summed E-state index contributed by atoms with van der Waals surface area (Å²) in [6.07, 6.45) is 1.82. The Balaban J connectivity index is 2.19. The van der Waals surface area contributed by atoms with Gasteiger partial charge in [0.1, 0.15) is 0 Å². The fourth-order valence-corrected chi connectivity index (χ4v) is 2.33. The van der Waals surface area contributed by atoms with E-state index in [0.29, 0.717) is 0 Å². The fraction of sp³-hybridized carbons (Fsp3) is 0. The molecule has 1 nitrogen and oxygen atoms in total. The van der Waals surface area contributed by atoms with Crippen molar-refractivity contribution in [3.05, 3.63) is 54.0 Å². The van der Waals surface area contributed by atoms with Crippen LogP contribution in [-0.4, -0.2) is 4.98 Å². The summed E-state index contributed by atoms with van der Waals surface area (Å²) in [6, 6.07) is 14.4. The predicted molar refractivity (Wildman–Crippen MR) is 63.9 cm³/mol. The Morgan fingerprint density at radius 1 is 1.13 bits per heavy atom. The van der Waals surface area contributed by atoms with Gasteiger partial charge in [-0.05, 0) is 29.7 Å². The quantitative estimate of drug-likeness (QED) is 0.596. The fourth-order valence-electron chi connectivity index (χ4n) is 1.59. The number of fused-ring (bicyclic) bond motifs is 1. The molecule has 0 bridgehead atoms. The van der Waals surface area contributed by atoms with Gasteiger partial charge in [-0.3, -0.25) is 4.98 Å². The van der Waals surface area contributed by atoms with E-state index >= 15 is 0 Å². The first-order valence-corrected chi connectivity index (χ1v) is 5.56. The van der Waals surface area contributed by atoms with Crippen LogP contribution in [0.25, 0.3) is 21.3 Å². The number of aromatic nitrogens is 1. The van der Waals surface area contributed by atoms with Crippen molar-refractivity contribution in [1.29, 1.82) is 0 Å². The van der Waals surface area contributed by atoms with Gasteiger partial charge in [0, 0.05) is 21.8 Å². The van der Waals surface area contributed by atoms with Crippen LogP contribution in [0.4, 0.5) is 0 Å². The molecular weight excluding hydrogens is 202 g/mol. The largest absolute Gasteiger partial charge is 0.256 e. The number of benzene rings is 1. The average Bonchev–Trinajstić information content (AvgIpc) is 2.77. The summed E-state index contributed by atoms with van der Waals surface area (Å²) in [5, 5.41) is 4.39. The van der Waals surface area contributed by atoms with Crippen LogP contribution in [-0.2, 0) is 0 Å². The van der Waals surface area contributed by atoms with E-state index in [2.05, 4.69) is 28.6 Å². The Labute approximate surface area is 92.0 Å². The first kappa shape index (κ1) is 8.62. The molecule has 0 saturated carbocycles. The van der Waals surface area contributed by atoms with Crippen LogP contribution in [0.1, 0.15) is 0 Å². The molecule has 0 N–H and O–H groups in total. The molecule has 0 unspecified atom stereocenters. The Kier molecular flexibility index (Phi) is 2.00. The number of thiophene rings is 1. The summed E-state index contributed by atoms with van der Waals surface area (Å²) in [5.41, 5.74) is 2.19. The van der Waals surface area contributed by atoms with E-state index < -0.39 is 0 Å². The SMILES string of the molecule is [c]1cc2ccc(-c3ccccn3)cc2s1. The summed E-state index contributed by atoms with van der Waals surface area (Å²) >= 11 is 1.64. The maximum absolute atomic E-state index is 4.33. The van der Waals surface area contributed by atoms with Gasteiger partial charge < -0.3 is 0 Å². The molecule has 1 radical (unpaired) electrons. The highest BCUT2D eigenvalue weighted by Gasteiger charge is 2.00.